The number of carbonyl (C=O) groups is 5. The molecule has 1 saturated heterocycles. The average molecular weight is 776 g/mol. The molecule has 1 fully saturated rings. The number of hydrogen-bond acceptors (Lipinski definition) is 7. The molecule has 2 heterocycles. The van der Waals surface area contributed by atoms with Crippen molar-refractivity contribution in [1.29, 1.82) is 0 Å². The Morgan fingerprint density at radius 3 is 2.02 bits per heavy atom. The number of nitrogens with zero attached hydrogens (tertiary/aromatic N) is 2. The molecule has 12 heteroatoms. The number of likely N-dealkylation sites (N-methyl/N-ethyl adjacent to an activating group) is 1. The van der Waals surface area contributed by atoms with E-state index in [-0.39, 0.29) is 61.4 Å². The first-order valence-corrected chi connectivity index (χ1v) is 20.5. The summed E-state index contributed by atoms with van der Waals surface area (Å²) >= 11 is 0. The van der Waals surface area contributed by atoms with Crippen LogP contribution < -0.4 is 26.6 Å². The average Bonchev–Trinajstić information content (AvgIpc) is 3.63. The quantitative estimate of drug-likeness (QED) is 0.184. The highest BCUT2D eigenvalue weighted by molar-refractivity contribution is 5.94. The van der Waals surface area contributed by atoms with Crippen molar-refractivity contribution in [3.05, 3.63) is 100 Å². The highest BCUT2D eigenvalue weighted by atomic mass is 16.2. The van der Waals surface area contributed by atoms with Crippen molar-refractivity contribution in [3.8, 4) is 0 Å². The minimum absolute atomic E-state index is 0.0649. The van der Waals surface area contributed by atoms with E-state index in [0.29, 0.717) is 12.8 Å². The van der Waals surface area contributed by atoms with E-state index in [1.807, 2.05) is 63.2 Å². The van der Waals surface area contributed by atoms with Crippen LogP contribution in [0.4, 0.5) is 5.69 Å². The van der Waals surface area contributed by atoms with Gasteiger partial charge in [-0.1, -0.05) is 75.4 Å². The van der Waals surface area contributed by atoms with E-state index in [2.05, 4.69) is 50.8 Å². The molecule has 302 valence electrons. The molecule has 0 spiro atoms. The molecule has 5 N–H and O–H groups in total. The van der Waals surface area contributed by atoms with E-state index in [0.717, 1.165) is 72.9 Å². The molecule has 4 aliphatic rings. The Bertz CT molecular complexity index is 1990. The van der Waals surface area contributed by atoms with Gasteiger partial charge in [-0.15, -0.1) is 0 Å². The predicted octanol–water partition coefficient (Wildman–Crippen LogP) is 4.09. The number of benzene rings is 3. The van der Waals surface area contributed by atoms with Crippen molar-refractivity contribution in [2.75, 3.05) is 25.5 Å². The molecular weight excluding hydrogens is 719 g/mol. The zero-order chi connectivity index (χ0) is 40.3. The summed E-state index contributed by atoms with van der Waals surface area (Å²) in [6, 6.07) is 19.7. The van der Waals surface area contributed by atoms with Gasteiger partial charge in [0, 0.05) is 31.2 Å². The van der Waals surface area contributed by atoms with Gasteiger partial charge in [0.1, 0.15) is 18.1 Å². The molecule has 0 aromatic heterocycles. The zero-order valence-corrected chi connectivity index (χ0v) is 33.6. The number of hydrogen-bond donors (Lipinski definition) is 5. The Morgan fingerprint density at radius 2 is 1.42 bits per heavy atom. The Balaban J connectivity index is 1.08. The van der Waals surface area contributed by atoms with E-state index < -0.39 is 23.5 Å². The van der Waals surface area contributed by atoms with Crippen LogP contribution in [0.5, 0.6) is 0 Å². The van der Waals surface area contributed by atoms with Crippen molar-refractivity contribution in [3.63, 3.8) is 0 Å². The smallest absolute Gasteiger partial charge is 0.246 e. The first kappa shape index (κ1) is 40.0. The fraction of sp³-hybridized carbons (Fsp3) is 0.489. The molecule has 0 saturated carbocycles. The monoisotopic (exact) mass is 775 g/mol. The highest BCUT2D eigenvalue weighted by Gasteiger charge is 2.45. The summed E-state index contributed by atoms with van der Waals surface area (Å²) in [5.41, 5.74) is 6.89. The maximum Gasteiger partial charge on any atom is 0.246 e. The summed E-state index contributed by atoms with van der Waals surface area (Å²) in [5, 5.41) is 15.9. The van der Waals surface area contributed by atoms with Crippen LogP contribution in [0.3, 0.4) is 0 Å². The van der Waals surface area contributed by atoms with Crippen LogP contribution in [0.25, 0.3) is 0 Å². The van der Waals surface area contributed by atoms with Crippen LogP contribution >= 0.6 is 0 Å². The van der Waals surface area contributed by atoms with E-state index in [4.69, 9.17) is 0 Å². The van der Waals surface area contributed by atoms with Crippen molar-refractivity contribution in [2.45, 2.75) is 115 Å². The lowest BCUT2D eigenvalue weighted by molar-refractivity contribution is -0.144. The van der Waals surface area contributed by atoms with Gasteiger partial charge in [0.2, 0.25) is 30.0 Å². The third kappa shape index (κ3) is 8.86. The van der Waals surface area contributed by atoms with Gasteiger partial charge in [-0.2, -0.15) is 0 Å². The van der Waals surface area contributed by atoms with Gasteiger partial charge < -0.3 is 36.4 Å². The molecule has 3 aromatic carbocycles. The minimum Gasteiger partial charge on any atom is -0.380 e. The molecule has 57 heavy (non-hydrogen) atoms. The third-order valence-electron chi connectivity index (χ3n) is 12.2. The van der Waals surface area contributed by atoms with E-state index in [9.17, 15) is 24.0 Å². The van der Waals surface area contributed by atoms with Crippen LogP contribution in [0.15, 0.2) is 66.7 Å². The first-order valence-electron chi connectivity index (χ1n) is 20.5. The molecule has 6 atom stereocenters. The van der Waals surface area contributed by atoms with Crippen LogP contribution in [-0.4, -0.2) is 84.1 Å². The number of nitrogens with one attached hydrogen (secondary N) is 5. The summed E-state index contributed by atoms with van der Waals surface area (Å²) in [7, 11) is 1.68. The van der Waals surface area contributed by atoms with Gasteiger partial charge in [-0.25, -0.2) is 0 Å². The van der Waals surface area contributed by atoms with Crippen molar-refractivity contribution >= 4 is 35.7 Å². The predicted molar refractivity (Wildman–Crippen MR) is 219 cm³/mol. The summed E-state index contributed by atoms with van der Waals surface area (Å²) in [6.45, 7) is 6.35. The normalized spacial score (nSPS) is 23.3. The largest absolute Gasteiger partial charge is 0.380 e. The Hall–Kier alpha value is -5.23. The standard InChI is InChI=1S/C45H57N7O5/c1-45(2,3)41(50-40(54)24-46-4)44(57)52-26-33(23-39(52)43(56)49-37-18-10-14-29-12-6-8-16-35(29)37)47-32-20-19-30-22-38(51(27-53)25-31(30)21-32)42(55)48-36-17-9-13-28-11-5-7-15-34(28)36/h5-8,11-12,15-16,19-21,27,33,36-39,41,46-47H,9-10,13-14,17-18,22-26H2,1-4H3,(H,48,55)(H,49,56)(H,50,54)/t33-,36?,37?,38?,39?,41?/m0/s1. The molecule has 2 aliphatic carbocycles. The zero-order valence-electron chi connectivity index (χ0n) is 33.6. The molecule has 12 nitrogen and oxygen atoms in total. The van der Waals surface area contributed by atoms with Crippen LogP contribution in [0.1, 0.15) is 98.3 Å². The highest BCUT2D eigenvalue weighted by Crippen LogP contribution is 2.34. The summed E-state index contributed by atoms with van der Waals surface area (Å²) in [4.78, 5) is 70.8. The maximum absolute atomic E-state index is 14.5. The number of carbonyl (C=O) groups excluding carboxylic acids is 5. The SMILES string of the molecule is CNCC(=O)NC(C(=O)N1C[C@@H](Nc2ccc3c(c2)CN(C=O)C(C(=O)NC2CCCc4ccccc42)C3)CC1C(=O)NC1CCCc2ccccc21)C(C)(C)C. The molecule has 0 bridgehead atoms. The van der Waals surface area contributed by atoms with Gasteiger partial charge >= 0.3 is 0 Å². The lowest BCUT2D eigenvalue weighted by Gasteiger charge is -2.36. The summed E-state index contributed by atoms with van der Waals surface area (Å²) in [5.74, 6) is -0.953. The Kier molecular flexibility index (Phi) is 12.0. The van der Waals surface area contributed by atoms with Crippen molar-refractivity contribution in [2.24, 2.45) is 5.41 Å². The van der Waals surface area contributed by atoms with Gasteiger partial charge in [0.05, 0.1) is 18.6 Å². The first-order chi connectivity index (χ1) is 27.4. The fourth-order valence-electron chi connectivity index (χ4n) is 9.25. The molecule has 0 radical (unpaired) electrons. The second-order valence-electron chi connectivity index (χ2n) is 17.3. The maximum atomic E-state index is 14.5. The Morgan fingerprint density at radius 1 is 0.807 bits per heavy atom. The molecule has 7 rings (SSSR count). The van der Waals surface area contributed by atoms with E-state index in [1.165, 1.54) is 11.1 Å². The number of aryl methyl sites for hydroxylation is 2. The minimum atomic E-state index is -0.848. The topological polar surface area (TPSA) is 152 Å². The number of rotatable bonds is 11. The van der Waals surface area contributed by atoms with Crippen LogP contribution in [0.2, 0.25) is 0 Å². The number of likely N-dealkylation sites (tertiary alicyclic amines) is 1. The molecule has 2 aliphatic heterocycles. The second kappa shape index (κ2) is 17.1. The van der Waals surface area contributed by atoms with Gasteiger partial charge in [0.25, 0.3) is 0 Å². The van der Waals surface area contributed by atoms with E-state index in [1.54, 1.807) is 16.8 Å². The molecule has 5 amide bonds. The molecular formula is C45H57N7O5. The summed E-state index contributed by atoms with van der Waals surface area (Å²) < 4.78 is 0. The van der Waals surface area contributed by atoms with Gasteiger partial charge in [0.15, 0.2) is 0 Å². The lowest BCUT2D eigenvalue weighted by atomic mass is 9.85. The molecule has 3 aromatic rings. The van der Waals surface area contributed by atoms with Crippen LogP contribution in [-0.2, 0) is 49.8 Å². The van der Waals surface area contributed by atoms with Gasteiger partial charge in [-0.05, 0) is 103 Å². The van der Waals surface area contributed by atoms with Crippen LogP contribution in [0, 0.1) is 5.41 Å². The number of anilines is 1. The Labute approximate surface area is 335 Å². The third-order valence-corrected chi connectivity index (χ3v) is 12.2. The van der Waals surface area contributed by atoms with Gasteiger partial charge in [-0.3, -0.25) is 24.0 Å². The van der Waals surface area contributed by atoms with E-state index >= 15 is 0 Å². The number of fused-ring (bicyclic) bond motifs is 3. The second-order valence-corrected chi connectivity index (χ2v) is 17.3. The van der Waals surface area contributed by atoms with Crippen molar-refractivity contribution in [1.82, 2.24) is 31.1 Å². The summed E-state index contributed by atoms with van der Waals surface area (Å²) in [6.07, 6.45) is 7.15. The number of amides is 5. The lowest BCUT2D eigenvalue weighted by Crippen LogP contribution is -2.58. The fourth-order valence-corrected chi connectivity index (χ4v) is 9.25. The molecule has 5 unspecified atom stereocenters. The van der Waals surface area contributed by atoms with Crippen molar-refractivity contribution < 1.29 is 24.0 Å².